The summed E-state index contributed by atoms with van der Waals surface area (Å²) in [6.07, 6.45) is 0. The van der Waals surface area contributed by atoms with Gasteiger partial charge in [-0.3, -0.25) is 0 Å². The third-order valence-electron chi connectivity index (χ3n) is 25.1. The standard InChI is InChI=1S/C63H41N5.C57H37N5/c1-4-16-42(17-5-1)45-30-32-46(33-31-45)61-64-62(49-22-14-24-51(38-49)67-57-28-12-10-26-53(57)55-40-47(34-36-59(55)67)43-18-6-2-7-19-43)66-63(65-61)50-23-15-25-52(39-50)68-58-29-13-11-27-54(58)56-41-48(35-37-60(56)68)44-20-8-3-9-21-44;1-4-16-38(17-5-1)41-30-32-53-49(36-41)47-26-10-12-28-51(47)61(53)45-24-14-22-43(34-45)56-58-55(40-20-8-3-9-21-40)59-57(60-56)44-23-15-25-46(35-44)62-52-29-13-11-27-48(52)50-37-42(31-33-54(50)62)39-18-6-2-7-19-39/h1-41H;1-37H. The van der Waals surface area contributed by atoms with Crippen LogP contribution >= 0.6 is 0 Å². The van der Waals surface area contributed by atoms with E-state index in [0.717, 1.165) is 111 Å². The molecule has 0 spiro atoms. The highest BCUT2D eigenvalue weighted by atomic mass is 15.1. The summed E-state index contributed by atoms with van der Waals surface area (Å²) in [5, 5.41) is 9.65. The van der Waals surface area contributed by atoms with E-state index in [2.05, 4.69) is 467 Å². The monoisotopic (exact) mass is 1660 g/mol. The third-order valence-corrected chi connectivity index (χ3v) is 25.1. The van der Waals surface area contributed by atoms with Crippen molar-refractivity contribution in [3.05, 3.63) is 473 Å². The number of benzene rings is 19. The van der Waals surface area contributed by atoms with Gasteiger partial charge in [0, 0.05) is 99.2 Å². The quantitative estimate of drug-likeness (QED) is 0.101. The predicted molar refractivity (Wildman–Crippen MR) is 537 cm³/mol. The Morgan fingerprint density at radius 3 is 0.531 bits per heavy atom. The number of rotatable bonds is 15. The molecule has 0 unspecified atom stereocenters. The molecular weight excluding hydrogens is 1580 g/mol. The molecular formula is C120H78N10. The minimum atomic E-state index is 0.599. The van der Waals surface area contributed by atoms with Gasteiger partial charge in [-0.05, 0) is 177 Å². The van der Waals surface area contributed by atoms with Gasteiger partial charge in [-0.15, -0.1) is 0 Å². The van der Waals surface area contributed by atoms with E-state index in [1.807, 2.05) is 24.3 Å². The highest BCUT2D eigenvalue weighted by molar-refractivity contribution is 6.14. The summed E-state index contributed by atoms with van der Waals surface area (Å²) in [5.41, 5.74) is 30.5. The maximum Gasteiger partial charge on any atom is 0.164 e. The van der Waals surface area contributed by atoms with Crippen LogP contribution in [0, 0.1) is 0 Å². The lowest BCUT2D eigenvalue weighted by atomic mass is 10.0. The second kappa shape index (κ2) is 32.5. The van der Waals surface area contributed by atoms with E-state index in [-0.39, 0.29) is 0 Å². The van der Waals surface area contributed by atoms with Crippen molar-refractivity contribution in [3.63, 3.8) is 0 Å². The SMILES string of the molecule is c1ccc(-c2ccc(-c3nc(-c4cccc(-n5c6ccccc6c6cc(-c7ccccc7)ccc65)c4)nc(-c4cccc(-n5c6ccccc6c6cc(-c7ccccc7)ccc65)c4)n3)cc2)cc1.c1ccc(-c2ccc3c(c2)c2ccccc2n3-c2cccc(-c3nc(-c4ccccc4)nc(-c4cccc(-n5c6ccccc6c6cc(-c7ccccc7)ccc65)c4)n3)c2)cc1. The van der Waals surface area contributed by atoms with Gasteiger partial charge in [-0.25, -0.2) is 29.9 Å². The molecule has 25 rings (SSSR count). The Morgan fingerprint density at radius 2 is 0.277 bits per heavy atom. The summed E-state index contributed by atoms with van der Waals surface area (Å²) >= 11 is 0. The minimum Gasteiger partial charge on any atom is -0.309 e. The van der Waals surface area contributed by atoms with Gasteiger partial charge in [0.05, 0.1) is 44.1 Å². The van der Waals surface area contributed by atoms with Crippen molar-refractivity contribution in [3.8, 4) is 147 Å². The molecule has 130 heavy (non-hydrogen) atoms. The van der Waals surface area contributed by atoms with Crippen LogP contribution in [0.4, 0.5) is 0 Å². The first kappa shape index (κ1) is 76.1. The molecule has 0 bridgehead atoms. The van der Waals surface area contributed by atoms with Crippen molar-refractivity contribution in [2.45, 2.75) is 0 Å². The Morgan fingerprint density at radius 1 is 0.108 bits per heavy atom. The molecule has 0 saturated heterocycles. The minimum absolute atomic E-state index is 0.599. The van der Waals surface area contributed by atoms with Gasteiger partial charge in [0.2, 0.25) is 0 Å². The molecule has 0 fully saturated rings. The molecule has 0 atom stereocenters. The molecule has 608 valence electrons. The molecule has 0 saturated carbocycles. The molecule has 10 heteroatoms. The van der Waals surface area contributed by atoms with Gasteiger partial charge in [-0.1, -0.05) is 352 Å². The number of para-hydroxylation sites is 4. The number of hydrogen-bond donors (Lipinski definition) is 0. The highest BCUT2D eigenvalue weighted by Crippen LogP contribution is 2.43. The lowest BCUT2D eigenvalue weighted by Gasteiger charge is -2.13. The van der Waals surface area contributed by atoms with Crippen LogP contribution < -0.4 is 0 Å². The summed E-state index contributed by atoms with van der Waals surface area (Å²) in [4.78, 5) is 31.3. The van der Waals surface area contributed by atoms with E-state index < -0.39 is 0 Å². The number of nitrogens with zero attached hydrogens (tertiary/aromatic N) is 10. The Labute approximate surface area is 750 Å². The van der Waals surface area contributed by atoms with Crippen molar-refractivity contribution < 1.29 is 0 Å². The van der Waals surface area contributed by atoms with Gasteiger partial charge in [0.15, 0.2) is 34.9 Å². The zero-order chi connectivity index (χ0) is 86.0. The Hall–Kier alpha value is -17.6. The molecule has 0 radical (unpaired) electrons. The van der Waals surface area contributed by atoms with Crippen molar-refractivity contribution in [2.24, 2.45) is 0 Å². The van der Waals surface area contributed by atoms with E-state index in [1.54, 1.807) is 0 Å². The Bertz CT molecular complexity index is 8200. The molecule has 19 aromatic carbocycles. The number of fused-ring (bicyclic) bond motifs is 12. The first-order valence-corrected chi connectivity index (χ1v) is 43.9. The molecule has 10 nitrogen and oxygen atoms in total. The fraction of sp³-hybridized carbons (Fsp3) is 0. The normalized spacial score (nSPS) is 11.5. The maximum atomic E-state index is 5.31. The summed E-state index contributed by atoms with van der Waals surface area (Å²) < 4.78 is 9.40. The summed E-state index contributed by atoms with van der Waals surface area (Å²) in [6, 6.07) is 167. The molecule has 0 aliphatic heterocycles. The highest BCUT2D eigenvalue weighted by Gasteiger charge is 2.24. The molecule has 0 N–H and O–H groups in total. The summed E-state index contributed by atoms with van der Waals surface area (Å²) in [5.74, 6) is 3.65. The van der Waals surface area contributed by atoms with Gasteiger partial charge in [0.25, 0.3) is 0 Å². The first-order chi connectivity index (χ1) is 64.4. The summed E-state index contributed by atoms with van der Waals surface area (Å²) in [6.45, 7) is 0. The lowest BCUT2D eigenvalue weighted by molar-refractivity contribution is 1.07. The van der Waals surface area contributed by atoms with Crippen molar-refractivity contribution in [1.82, 2.24) is 48.2 Å². The molecule has 6 aromatic heterocycles. The number of hydrogen-bond acceptors (Lipinski definition) is 6. The Balaban J connectivity index is 0.000000145. The largest absolute Gasteiger partial charge is 0.309 e. The average Bonchev–Trinajstić information content (AvgIpc) is 1.61. The van der Waals surface area contributed by atoms with Crippen molar-refractivity contribution in [2.75, 3.05) is 0 Å². The number of aromatic nitrogens is 10. The van der Waals surface area contributed by atoms with Gasteiger partial charge >= 0.3 is 0 Å². The van der Waals surface area contributed by atoms with Crippen LogP contribution in [0.3, 0.4) is 0 Å². The topological polar surface area (TPSA) is 97.1 Å². The fourth-order valence-electron chi connectivity index (χ4n) is 18.9. The molecule has 0 amide bonds. The lowest BCUT2D eigenvalue weighted by Crippen LogP contribution is -2.02. The molecule has 0 aliphatic carbocycles. The van der Waals surface area contributed by atoms with E-state index in [4.69, 9.17) is 29.9 Å². The summed E-state index contributed by atoms with van der Waals surface area (Å²) in [7, 11) is 0. The van der Waals surface area contributed by atoms with Gasteiger partial charge in [0.1, 0.15) is 0 Å². The van der Waals surface area contributed by atoms with Crippen LogP contribution in [0.5, 0.6) is 0 Å². The second-order valence-electron chi connectivity index (χ2n) is 32.9. The van der Waals surface area contributed by atoms with Crippen LogP contribution in [0.25, 0.3) is 234 Å². The zero-order valence-electron chi connectivity index (χ0n) is 70.5. The van der Waals surface area contributed by atoms with Crippen LogP contribution in [0.15, 0.2) is 473 Å². The van der Waals surface area contributed by atoms with E-state index >= 15 is 0 Å². The van der Waals surface area contributed by atoms with Crippen LogP contribution in [0.1, 0.15) is 0 Å². The van der Waals surface area contributed by atoms with Crippen LogP contribution in [0.2, 0.25) is 0 Å². The third kappa shape index (κ3) is 13.9. The first-order valence-electron chi connectivity index (χ1n) is 43.9. The van der Waals surface area contributed by atoms with E-state index in [1.165, 1.54) is 87.6 Å². The van der Waals surface area contributed by atoms with Crippen molar-refractivity contribution >= 4 is 87.2 Å². The molecule has 25 aromatic rings. The van der Waals surface area contributed by atoms with Gasteiger partial charge in [-0.2, -0.15) is 0 Å². The maximum absolute atomic E-state index is 5.31. The zero-order valence-corrected chi connectivity index (χ0v) is 70.5. The second-order valence-corrected chi connectivity index (χ2v) is 32.9. The van der Waals surface area contributed by atoms with Crippen LogP contribution in [-0.2, 0) is 0 Å². The molecule has 0 aliphatic rings. The average molecular weight is 1660 g/mol. The van der Waals surface area contributed by atoms with Crippen LogP contribution in [-0.4, -0.2) is 48.2 Å². The van der Waals surface area contributed by atoms with E-state index in [9.17, 15) is 0 Å². The Kier molecular flexibility index (Phi) is 19.0. The van der Waals surface area contributed by atoms with E-state index in [0.29, 0.717) is 34.9 Å². The fourth-order valence-corrected chi connectivity index (χ4v) is 18.9. The predicted octanol–water partition coefficient (Wildman–Crippen LogP) is 30.5. The molecule has 6 heterocycles. The van der Waals surface area contributed by atoms with Gasteiger partial charge < -0.3 is 18.3 Å². The smallest absolute Gasteiger partial charge is 0.164 e. The van der Waals surface area contributed by atoms with Crippen molar-refractivity contribution in [1.29, 1.82) is 0 Å².